The average Bonchev–Trinajstić information content (AvgIpc) is 3.01. The molecule has 2 N–H and O–H groups in total. The van der Waals surface area contributed by atoms with Gasteiger partial charge in [0.05, 0.1) is 4.88 Å². The fraction of sp³-hybridized carbons (Fsp3) is 0.250. The summed E-state index contributed by atoms with van der Waals surface area (Å²) >= 11 is 6.54. The topological polar surface area (TPSA) is 41.1 Å². The maximum Gasteiger partial charge on any atom is 0.267 e. The van der Waals surface area contributed by atoms with E-state index in [0.29, 0.717) is 15.9 Å². The second kappa shape index (κ2) is 7.33. The zero-order valence-electron chi connectivity index (χ0n) is 12.1. The summed E-state index contributed by atoms with van der Waals surface area (Å²) in [7, 11) is 0. The lowest BCUT2D eigenvalue weighted by Crippen LogP contribution is -2.33. The first-order chi connectivity index (χ1) is 10.1. The molecule has 2 rings (SSSR count). The smallest absolute Gasteiger partial charge is 0.267 e. The summed E-state index contributed by atoms with van der Waals surface area (Å²) in [4.78, 5) is 12.5. The minimum atomic E-state index is -0.182. The summed E-state index contributed by atoms with van der Waals surface area (Å²) < 4.78 is 0. The van der Waals surface area contributed by atoms with E-state index in [9.17, 15) is 4.79 Å². The van der Waals surface area contributed by atoms with E-state index in [1.807, 2.05) is 23.6 Å². The van der Waals surface area contributed by atoms with Crippen molar-refractivity contribution in [3.8, 4) is 0 Å². The van der Waals surface area contributed by atoms with Gasteiger partial charge in [-0.3, -0.25) is 10.1 Å². The van der Waals surface area contributed by atoms with Gasteiger partial charge in [-0.15, -0.1) is 11.3 Å². The number of anilines is 1. The lowest BCUT2D eigenvalue weighted by molar-refractivity contribution is 0.0981. The van der Waals surface area contributed by atoms with Crippen LogP contribution in [-0.2, 0) is 0 Å². The molecule has 2 aromatic rings. The van der Waals surface area contributed by atoms with Crippen molar-refractivity contribution < 1.29 is 4.79 Å². The van der Waals surface area contributed by atoms with Gasteiger partial charge in [-0.1, -0.05) is 32.0 Å². The number of benzene rings is 1. The Morgan fingerprint density at radius 3 is 2.57 bits per heavy atom. The summed E-state index contributed by atoms with van der Waals surface area (Å²) in [6, 6.07) is 11.7. The van der Waals surface area contributed by atoms with Crippen molar-refractivity contribution in [3.05, 3.63) is 52.2 Å². The van der Waals surface area contributed by atoms with Crippen molar-refractivity contribution in [2.45, 2.75) is 26.2 Å². The number of carbonyl (C=O) groups is 1. The van der Waals surface area contributed by atoms with Gasteiger partial charge in [0.1, 0.15) is 0 Å². The molecule has 1 amide bonds. The Balaban J connectivity index is 1.92. The molecule has 5 heteroatoms. The molecule has 0 aliphatic heterocycles. The van der Waals surface area contributed by atoms with Crippen LogP contribution in [0.5, 0.6) is 0 Å². The van der Waals surface area contributed by atoms with Crippen LogP contribution in [0.25, 0.3) is 0 Å². The Kier molecular flexibility index (Phi) is 5.47. The fourth-order valence-corrected chi connectivity index (χ4v) is 2.70. The maximum absolute atomic E-state index is 11.9. The number of hydrogen-bond acceptors (Lipinski definition) is 3. The molecule has 0 aliphatic rings. The number of thiocarbonyl (C=S) groups is 1. The molecule has 0 aliphatic carbocycles. The Labute approximate surface area is 134 Å². The molecule has 0 unspecified atom stereocenters. The van der Waals surface area contributed by atoms with Crippen molar-refractivity contribution in [2.24, 2.45) is 0 Å². The van der Waals surface area contributed by atoms with Gasteiger partial charge in [-0.25, -0.2) is 0 Å². The largest absolute Gasteiger partial charge is 0.332 e. The predicted molar refractivity (Wildman–Crippen MR) is 93.2 cm³/mol. The summed E-state index contributed by atoms with van der Waals surface area (Å²) in [5.74, 6) is 0.364. The minimum Gasteiger partial charge on any atom is -0.332 e. The molecule has 110 valence electrons. The minimum absolute atomic E-state index is 0.182. The van der Waals surface area contributed by atoms with Crippen molar-refractivity contribution in [2.75, 3.05) is 5.32 Å². The second-order valence-corrected chi connectivity index (χ2v) is 6.17. The quantitative estimate of drug-likeness (QED) is 0.822. The van der Waals surface area contributed by atoms with Gasteiger partial charge in [-0.2, -0.15) is 0 Å². The van der Waals surface area contributed by atoms with E-state index in [2.05, 4.69) is 36.6 Å². The number of nitrogens with one attached hydrogen (secondary N) is 2. The van der Waals surface area contributed by atoms with E-state index < -0.39 is 0 Å². The first kappa shape index (κ1) is 15.7. The number of carbonyl (C=O) groups excluding carboxylic acids is 1. The number of amides is 1. The van der Waals surface area contributed by atoms with Gasteiger partial charge >= 0.3 is 0 Å². The van der Waals surface area contributed by atoms with E-state index in [1.54, 1.807) is 6.07 Å². The van der Waals surface area contributed by atoms with E-state index in [0.717, 1.165) is 12.1 Å². The van der Waals surface area contributed by atoms with Crippen LogP contribution in [0.1, 0.15) is 41.4 Å². The lowest BCUT2D eigenvalue weighted by atomic mass is 9.99. The molecule has 1 heterocycles. The van der Waals surface area contributed by atoms with E-state index >= 15 is 0 Å². The number of rotatable bonds is 4. The van der Waals surface area contributed by atoms with E-state index in [-0.39, 0.29) is 5.91 Å². The standard InChI is InChI=1S/C16H18N2OS2/c1-3-11(2)12-6-8-13(9-7-12)17-16(20)18-15(19)14-5-4-10-21-14/h4-11H,3H2,1-2H3,(H2,17,18,19,20)/t11-/m0/s1. The highest BCUT2D eigenvalue weighted by molar-refractivity contribution is 7.80. The summed E-state index contributed by atoms with van der Waals surface area (Å²) in [6.07, 6.45) is 1.11. The normalized spacial score (nSPS) is 11.7. The van der Waals surface area contributed by atoms with Crippen molar-refractivity contribution >= 4 is 40.3 Å². The molecule has 0 spiro atoms. The Hall–Kier alpha value is -1.72. The van der Waals surface area contributed by atoms with Crippen molar-refractivity contribution in [1.29, 1.82) is 0 Å². The zero-order chi connectivity index (χ0) is 15.2. The monoisotopic (exact) mass is 318 g/mol. The van der Waals surface area contributed by atoms with Gasteiger partial charge in [0, 0.05) is 5.69 Å². The average molecular weight is 318 g/mol. The maximum atomic E-state index is 11.9. The van der Waals surface area contributed by atoms with Gasteiger partial charge in [-0.05, 0) is 53.7 Å². The SMILES string of the molecule is CC[C@H](C)c1ccc(NC(=S)NC(=O)c2cccs2)cc1. The molecule has 1 aromatic carbocycles. The fourth-order valence-electron chi connectivity index (χ4n) is 1.87. The molecule has 21 heavy (non-hydrogen) atoms. The summed E-state index contributed by atoms with van der Waals surface area (Å²) in [6.45, 7) is 4.38. The van der Waals surface area contributed by atoms with Gasteiger partial charge in [0.2, 0.25) is 0 Å². The lowest BCUT2D eigenvalue weighted by Gasteiger charge is -2.12. The van der Waals surface area contributed by atoms with Crippen LogP contribution in [0.3, 0.4) is 0 Å². The molecule has 1 aromatic heterocycles. The molecule has 0 saturated heterocycles. The zero-order valence-corrected chi connectivity index (χ0v) is 13.7. The van der Waals surface area contributed by atoms with E-state index in [4.69, 9.17) is 12.2 Å². The van der Waals surface area contributed by atoms with Crippen LogP contribution in [-0.4, -0.2) is 11.0 Å². The third-order valence-electron chi connectivity index (χ3n) is 3.32. The molecular weight excluding hydrogens is 300 g/mol. The number of hydrogen-bond donors (Lipinski definition) is 2. The molecular formula is C16H18N2OS2. The Morgan fingerprint density at radius 1 is 1.29 bits per heavy atom. The third-order valence-corrected chi connectivity index (χ3v) is 4.39. The highest BCUT2D eigenvalue weighted by Crippen LogP contribution is 2.20. The highest BCUT2D eigenvalue weighted by Gasteiger charge is 2.09. The van der Waals surface area contributed by atoms with Gasteiger partial charge < -0.3 is 5.32 Å². The first-order valence-corrected chi connectivity index (χ1v) is 8.14. The van der Waals surface area contributed by atoms with E-state index in [1.165, 1.54) is 16.9 Å². The molecule has 0 fully saturated rings. The van der Waals surface area contributed by atoms with Crippen LogP contribution in [0.2, 0.25) is 0 Å². The first-order valence-electron chi connectivity index (χ1n) is 6.86. The molecule has 1 atom stereocenters. The Morgan fingerprint density at radius 2 is 2.00 bits per heavy atom. The van der Waals surface area contributed by atoms with Crippen LogP contribution in [0.15, 0.2) is 41.8 Å². The van der Waals surface area contributed by atoms with Gasteiger partial charge in [0.25, 0.3) is 5.91 Å². The molecule has 3 nitrogen and oxygen atoms in total. The predicted octanol–water partition coefficient (Wildman–Crippen LogP) is 4.39. The summed E-state index contributed by atoms with van der Waals surface area (Å²) in [5.41, 5.74) is 2.18. The van der Waals surface area contributed by atoms with Crippen molar-refractivity contribution in [3.63, 3.8) is 0 Å². The van der Waals surface area contributed by atoms with Crippen molar-refractivity contribution in [1.82, 2.24) is 5.32 Å². The molecule has 0 radical (unpaired) electrons. The van der Waals surface area contributed by atoms with Crippen LogP contribution < -0.4 is 10.6 Å². The Bertz CT molecular complexity index is 606. The number of thiophene rings is 1. The van der Waals surface area contributed by atoms with Crippen LogP contribution >= 0.6 is 23.6 Å². The summed E-state index contributed by atoms with van der Waals surface area (Å²) in [5, 5.41) is 7.86. The van der Waals surface area contributed by atoms with Gasteiger partial charge in [0.15, 0.2) is 5.11 Å². The molecule has 0 saturated carbocycles. The van der Waals surface area contributed by atoms with Crippen LogP contribution in [0.4, 0.5) is 5.69 Å². The third kappa shape index (κ3) is 4.37. The second-order valence-electron chi connectivity index (χ2n) is 4.82. The van der Waals surface area contributed by atoms with Crippen LogP contribution in [0, 0.1) is 0 Å². The molecule has 0 bridgehead atoms. The highest BCUT2D eigenvalue weighted by atomic mass is 32.1.